The van der Waals surface area contributed by atoms with Gasteiger partial charge in [0, 0.05) is 0 Å². The predicted molar refractivity (Wildman–Crippen MR) is 75.8 cm³/mol. The van der Waals surface area contributed by atoms with E-state index in [9.17, 15) is 18.0 Å². The fraction of sp³-hybridized carbons (Fsp3) is 0.929. The summed E-state index contributed by atoms with van der Waals surface area (Å²) in [4.78, 5) is 12.0. The molecule has 0 rings (SSSR count). The average Bonchev–Trinajstić information content (AvgIpc) is 2.11. The van der Waals surface area contributed by atoms with Crippen molar-refractivity contribution >= 4 is 13.5 Å². The van der Waals surface area contributed by atoms with Crippen LogP contribution >= 0.6 is 0 Å². The molecule has 0 amide bonds. The number of alkyl halides is 3. The lowest BCUT2D eigenvalue weighted by Crippen LogP contribution is -2.53. The Balaban J connectivity index is 5.52. The molecule has 19 heavy (non-hydrogen) atoms. The Morgan fingerprint density at radius 1 is 0.842 bits per heavy atom. The molecule has 114 valence electrons. The third-order valence-corrected chi connectivity index (χ3v) is 9.18. The molecule has 0 unspecified atom stereocenters. The summed E-state index contributed by atoms with van der Waals surface area (Å²) < 4.78 is 38.9. The topological polar surface area (TPSA) is 17.1 Å². The van der Waals surface area contributed by atoms with Gasteiger partial charge in [-0.25, -0.2) is 0 Å². The van der Waals surface area contributed by atoms with Crippen molar-refractivity contribution in [2.45, 2.75) is 65.9 Å². The van der Waals surface area contributed by atoms with E-state index in [0.29, 0.717) is 18.1 Å². The first-order chi connectivity index (χ1) is 8.40. The second-order valence-electron chi connectivity index (χ2n) is 6.90. The lowest BCUT2D eigenvalue weighted by atomic mass is 10.2. The van der Waals surface area contributed by atoms with Gasteiger partial charge in [0.15, 0.2) is 0 Å². The van der Waals surface area contributed by atoms with Crippen molar-refractivity contribution in [3.05, 3.63) is 0 Å². The van der Waals surface area contributed by atoms with Gasteiger partial charge in [-0.05, 0) is 35.9 Å². The van der Waals surface area contributed by atoms with Crippen LogP contribution in [0.2, 0.25) is 18.1 Å². The van der Waals surface area contributed by atoms with Gasteiger partial charge in [-0.15, -0.1) is 0 Å². The van der Waals surface area contributed by atoms with Crippen LogP contribution in [0.5, 0.6) is 0 Å². The van der Waals surface area contributed by atoms with Gasteiger partial charge in [-0.1, -0.05) is 41.5 Å². The maximum atomic E-state index is 13.0. The highest BCUT2D eigenvalue weighted by Crippen LogP contribution is 2.37. The normalized spacial score (nSPS) is 13.7. The second-order valence-corrected chi connectivity index (χ2v) is 11.1. The Bertz CT molecular complexity index is 269. The maximum Gasteiger partial charge on any atom is 0.444 e. The van der Waals surface area contributed by atoms with Crippen molar-refractivity contribution < 1.29 is 18.0 Å². The molecule has 0 heterocycles. The van der Waals surface area contributed by atoms with Gasteiger partial charge in [-0.2, -0.15) is 13.2 Å². The van der Waals surface area contributed by atoms with E-state index in [1.807, 2.05) is 41.5 Å². The molecule has 0 atom stereocenters. The number of carbonyl (C=O) groups excluding carboxylic acids is 1. The quantitative estimate of drug-likeness (QED) is 0.599. The Hall–Kier alpha value is -0.323. The molecular formula is C14H27F3OSi. The lowest BCUT2D eigenvalue weighted by molar-refractivity contribution is -0.163. The largest absolute Gasteiger partial charge is 0.444 e. The van der Waals surface area contributed by atoms with Crippen molar-refractivity contribution in [1.82, 2.24) is 0 Å². The molecule has 0 aliphatic carbocycles. The molecule has 0 aromatic rings. The number of halogens is 3. The van der Waals surface area contributed by atoms with E-state index in [0.717, 1.165) is 0 Å². The highest BCUT2D eigenvalue weighted by molar-refractivity contribution is 7.06. The lowest BCUT2D eigenvalue weighted by Gasteiger charge is -2.35. The molecule has 0 saturated heterocycles. The summed E-state index contributed by atoms with van der Waals surface area (Å²) >= 11 is 0. The van der Waals surface area contributed by atoms with Crippen molar-refractivity contribution in [1.29, 1.82) is 0 Å². The zero-order chi connectivity index (χ0) is 15.4. The van der Waals surface area contributed by atoms with Gasteiger partial charge >= 0.3 is 6.18 Å². The summed E-state index contributed by atoms with van der Waals surface area (Å²) in [5, 5.41) is -1.39. The SMILES string of the molecule is CC(C)C[Si](CC(C)C)(CC(C)C)C(=O)C(F)(F)F. The molecule has 0 saturated carbocycles. The average molecular weight is 296 g/mol. The Morgan fingerprint density at radius 3 is 1.26 bits per heavy atom. The van der Waals surface area contributed by atoms with Crippen molar-refractivity contribution in [2.75, 3.05) is 0 Å². The van der Waals surface area contributed by atoms with Crippen LogP contribution in [0.25, 0.3) is 0 Å². The standard InChI is InChI=1S/C14H27F3OSi/c1-10(2)7-19(8-11(3)4,9-12(5)6)13(18)14(15,16)17/h10-12H,7-9H2,1-6H3. The zero-order valence-electron chi connectivity index (χ0n) is 12.9. The second kappa shape index (κ2) is 6.91. The van der Waals surface area contributed by atoms with E-state index in [1.54, 1.807) is 0 Å². The van der Waals surface area contributed by atoms with Crippen LogP contribution in [0.3, 0.4) is 0 Å². The molecule has 0 fully saturated rings. The minimum atomic E-state index is -4.68. The molecular weight excluding hydrogens is 269 g/mol. The van der Waals surface area contributed by atoms with Gasteiger partial charge in [0.05, 0.1) is 0 Å². The molecule has 0 aliphatic heterocycles. The Kier molecular flexibility index (Phi) is 6.79. The first-order valence-corrected chi connectivity index (χ1v) is 9.64. The van der Waals surface area contributed by atoms with Crippen LogP contribution in [0.15, 0.2) is 0 Å². The van der Waals surface area contributed by atoms with Gasteiger partial charge in [0.25, 0.3) is 0 Å². The molecule has 0 spiro atoms. The van der Waals surface area contributed by atoms with Crippen LogP contribution in [0.4, 0.5) is 13.2 Å². The van der Waals surface area contributed by atoms with Crippen LogP contribution in [0, 0.1) is 17.8 Å². The zero-order valence-corrected chi connectivity index (χ0v) is 13.9. The summed E-state index contributed by atoms with van der Waals surface area (Å²) in [6.45, 7) is 11.5. The third-order valence-electron chi connectivity index (χ3n) is 3.14. The first-order valence-electron chi connectivity index (χ1n) is 7.02. The van der Waals surface area contributed by atoms with Crippen molar-refractivity contribution in [3.63, 3.8) is 0 Å². The third kappa shape index (κ3) is 6.10. The van der Waals surface area contributed by atoms with Gasteiger partial charge in [0.1, 0.15) is 8.07 Å². The van der Waals surface area contributed by atoms with Gasteiger partial charge in [-0.3, -0.25) is 4.79 Å². The van der Waals surface area contributed by atoms with E-state index < -0.39 is 19.7 Å². The van der Waals surface area contributed by atoms with Crippen LogP contribution < -0.4 is 0 Å². The monoisotopic (exact) mass is 296 g/mol. The summed E-state index contributed by atoms with van der Waals surface area (Å²) in [6.07, 6.45) is -4.68. The van der Waals surface area contributed by atoms with Gasteiger partial charge in [0.2, 0.25) is 5.41 Å². The summed E-state index contributed by atoms with van der Waals surface area (Å²) in [7, 11) is -2.99. The first kappa shape index (κ1) is 18.7. The molecule has 0 aliphatic rings. The predicted octanol–water partition coefficient (Wildman–Crippen LogP) is 5.07. The Labute approximate surface area is 116 Å². The fourth-order valence-electron chi connectivity index (χ4n) is 3.17. The van der Waals surface area contributed by atoms with Crippen LogP contribution in [0.1, 0.15) is 41.5 Å². The molecule has 0 bridgehead atoms. The minimum Gasteiger partial charge on any atom is -0.295 e. The Morgan fingerprint density at radius 2 is 1.11 bits per heavy atom. The molecule has 0 aromatic heterocycles. The van der Waals surface area contributed by atoms with E-state index in [1.165, 1.54) is 0 Å². The highest BCUT2D eigenvalue weighted by Gasteiger charge is 2.54. The summed E-state index contributed by atoms with van der Waals surface area (Å²) in [6, 6.07) is 1.34. The van der Waals surface area contributed by atoms with Gasteiger partial charge < -0.3 is 0 Å². The summed E-state index contributed by atoms with van der Waals surface area (Å²) in [5.41, 5.74) is 0. The molecule has 5 heteroatoms. The number of carbonyl (C=O) groups is 1. The smallest absolute Gasteiger partial charge is 0.295 e. The van der Waals surface area contributed by atoms with E-state index in [4.69, 9.17) is 0 Å². The van der Waals surface area contributed by atoms with Crippen molar-refractivity contribution in [3.8, 4) is 0 Å². The molecule has 0 N–H and O–H groups in total. The molecule has 1 nitrogen and oxygen atoms in total. The number of hydrogen-bond acceptors (Lipinski definition) is 1. The number of rotatable bonds is 7. The van der Waals surface area contributed by atoms with E-state index in [-0.39, 0.29) is 17.8 Å². The van der Waals surface area contributed by atoms with Crippen LogP contribution in [-0.2, 0) is 4.79 Å². The maximum absolute atomic E-state index is 13.0. The van der Waals surface area contributed by atoms with Crippen molar-refractivity contribution in [2.24, 2.45) is 17.8 Å². The van der Waals surface area contributed by atoms with Crippen LogP contribution in [-0.4, -0.2) is 19.7 Å². The number of hydrogen-bond donors (Lipinski definition) is 0. The van der Waals surface area contributed by atoms with E-state index in [2.05, 4.69) is 0 Å². The minimum absolute atomic E-state index is 0.135. The highest BCUT2D eigenvalue weighted by atomic mass is 28.3. The summed E-state index contributed by atoms with van der Waals surface area (Å²) in [5.74, 6) is 0.404. The molecule has 0 aromatic carbocycles. The molecule has 0 radical (unpaired) electrons. The fourth-order valence-corrected chi connectivity index (χ4v) is 9.52. The van der Waals surface area contributed by atoms with E-state index >= 15 is 0 Å².